The van der Waals surface area contributed by atoms with E-state index in [1.54, 1.807) is 29.1 Å². The van der Waals surface area contributed by atoms with Gasteiger partial charge in [-0.3, -0.25) is 0 Å². The lowest BCUT2D eigenvalue weighted by molar-refractivity contribution is 0.0859. The second kappa shape index (κ2) is 7.65. The van der Waals surface area contributed by atoms with Gasteiger partial charge in [-0.1, -0.05) is 12.1 Å². The number of ether oxygens (including phenoxy) is 1. The van der Waals surface area contributed by atoms with E-state index in [4.69, 9.17) is 4.74 Å². The lowest BCUT2D eigenvalue weighted by Gasteiger charge is -2.23. The number of aromatic nitrogens is 2. The molecule has 7 heteroatoms. The molecule has 2 heterocycles. The third-order valence-corrected chi connectivity index (χ3v) is 4.46. The minimum absolute atomic E-state index is 0.0338. The average Bonchev–Trinajstić information content (AvgIpc) is 3.24. The number of nitrogens with zero attached hydrogens (tertiary/aromatic N) is 2. The summed E-state index contributed by atoms with van der Waals surface area (Å²) in [6.07, 6.45) is 5.42. The number of hydrogen-bond acceptors (Lipinski definition) is 3. The van der Waals surface area contributed by atoms with Crippen molar-refractivity contribution in [3.8, 4) is 0 Å². The van der Waals surface area contributed by atoms with E-state index in [9.17, 15) is 9.18 Å². The first-order chi connectivity index (χ1) is 12.0. The van der Waals surface area contributed by atoms with Gasteiger partial charge in [0.05, 0.1) is 12.1 Å². The number of aryl methyl sites for hydroxylation is 1. The zero-order chi connectivity index (χ0) is 17.8. The average molecular weight is 346 g/mol. The molecule has 3 rings (SSSR count). The monoisotopic (exact) mass is 346 g/mol. The molecule has 2 aromatic rings. The van der Waals surface area contributed by atoms with Crippen LogP contribution in [0.1, 0.15) is 37.2 Å². The number of halogens is 1. The zero-order valence-electron chi connectivity index (χ0n) is 14.4. The predicted molar refractivity (Wildman–Crippen MR) is 91.6 cm³/mol. The molecule has 2 N–H and O–H groups in total. The van der Waals surface area contributed by atoms with Crippen molar-refractivity contribution in [3.63, 3.8) is 0 Å². The first-order valence-electron chi connectivity index (χ1n) is 8.46. The van der Waals surface area contributed by atoms with Gasteiger partial charge in [0.1, 0.15) is 17.7 Å². The van der Waals surface area contributed by atoms with Crippen molar-refractivity contribution in [1.82, 2.24) is 20.2 Å². The van der Waals surface area contributed by atoms with Crippen LogP contribution in [0.2, 0.25) is 0 Å². The Morgan fingerprint density at radius 2 is 2.28 bits per heavy atom. The fourth-order valence-electron chi connectivity index (χ4n) is 3.11. The van der Waals surface area contributed by atoms with Crippen molar-refractivity contribution in [3.05, 3.63) is 53.9 Å². The Hall–Kier alpha value is -2.41. The lowest BCUT2D eigenvalue weighted by Crippen LogP contribution is -2.47. The highest BCUT2D eigenvalue weighted by atomic mass is 19.1. The maximum atomic E-state index is 13.6. The molecule has 1 fully saturated rings. The molecule has 134 valence electrons. The van der Waals surface area contributed by atoms with Gasteiger partial charge in [0.15, 0.2) is 0 Å². The quantitative estimate of drug-likeness (QED) is 0.874. The normalized spacial score (nSPS) is 19.4. The molecule has 1 aromatic heterocycles. The molecule has 3 atom stereocenters. The van der Waals surface area contributed by atoms with Gasteiger partial charge in [0, 0.05) is 26.0 Å². The molecule has 25 heavy (non-hydrogen) atoms. The largest absolute Gasteiger partial charge is 0.376 e. The smallest absolute Gasteiger partial charge is 0.315 e. The number of hydrogen-bond donors (Lipinski definition) is 2. The standard InChI is InChI=1S/C18H23FN4O2/c1-12(15-7-4-10-25-15)21-18(24)22-16(17-20-8-9-23(17)2)13-5-3-6-14(19)11-13/h3,5-6,8-9,11-12,15-16H,4,7,10H2,1-2H3,(H2,21,22,24)/t12-,15+,16-/m0/s1. The number of amides is 2. The first kappa shape index (κ1) is 17.4. The molecule has 0 spiro atoms. The Labute approximate surface area is 146 Å². The Balaban J connectivity index is 1.75. The van der Waals surface area contributed by atoms with Crippen molar-refractivity contribution in [2.75, 3.05) is 6.61 Å². The molecule has 0 bridgehead atoms. The molecule has 1 aliphatic rings. The summed E-state index contributed by atoms with van der Waals surface area (Å²) in [5, 5.41) is 5.81. The lowest BCUT2D eigenvalue weighted by atomic mass is 10.1. The van der Waals surface area contributed by atoms with Gasteiger partial charge >= 0.3 is 6.03 Å². The van der Waals surface area contributed by atoms with Crippen LogP contribution >= 0.6 is 0 Å². The third-order valence-electron chi connectivity index (χ3n) is 4.46. The van der Waals surface area contributed by atoms with E-state index in [0.29, 0.717) is 11.4 Å². The third kappa shape index (κ3) is 4.17. The second-order valence-corrected chi connectivity index (χ2v) is 6.34. The van der Waals surface area contributed by atoms with E-state index >= 15 is 0 Å². The molecular formula is C18H23FN4O2. The van der Waals surface area contributed by atoms with E-state index in [1.807, 2.05) is 14.0 Å². The van der Waals surface area contributed by atoms with E-state index in [1.165, 1.54) is 12.1 Å². The highest BCUT2D eigenvalue weighted by molar-refractivity contribution is 5.75. The molecule has 2 amide bonds. The summed E-state index contributed by atoms with van der Waals surface area (Å²) in [5.41, 5.74) is 0.634. The van der Waals surface area contributed by atoms with E-state index in [-0.39, 0.29) is 24.0 Å². The first-order valence-corrected chi connectivity index (χ1v) is 8.46. The summed E-state index contributed by atoms with van der Waals surface area (Å²) < 4.78 is 21.1. The molecule has 0 radical (unpaired) electrons. The van der Waals surface area contributed by atoms with Gasteiger partial charge < -0.3 is 19.9 Å². The van der Waals surface area contributed by atoms with Gasteiger partial charge in [0.2, 0.25) is 0 Å². The number of imidazole rings is 1. The summed E-state index contributed by atoms with van der Waals surface area (Å²) in [4.78, 5) is 16.8. The van der Waals surface area contributed by atoms with Gasteiger partial charge in [-0.15, -0.1) is 0 Å². The van der Waals surface area contributed by atoms with Crippen LogP contribution in [0.25, 0.3) is 0 Å². The van der Waals surface area contributed by atoms with Gasteiger partial charge in [-0.2, -0.15) is 0 Å². The summed E-state index contributed by atoms with van der Waals surface area (Å²) in [6.45, 7) is 2.66. The van der Waals surface area contributed by atoms with E-state index in [0.717, 1.165) is 19.4 Å². The number of urea groups is 1. The molecular weight excluding hydrogens is 323 g/mol. The molecule has 1 aromatic carbocycles. The topological polar surface area (TPSA) is 68.2 Å². The Morgan fingerprint density at radius 1 is 1.44 bits per heavy atom. The summed E-state index contributed by atoms with van der Waals surface area (Å²) in [6, 6.07) is 5.19. The zero-order valence-corrected chi connectivity index (χ0v) is 14.4. The minimum atomic E-state index is -0.549. The molecule has 0 aliphatic carbocycles. The van der Waals surface area contributed by atoms with Crippen molar-refractivity contribution in [2.24, 2.45) is 7.05 Å². The molecule has 1 aliphatic heterocycles. The SMILES string of the molecule is C[C@H](NC(=O)N[C@@H](c1cccc(F)c1)c1nccn1C)[C@H]1CCCO1. The fourth-order valence-corrected chi connectivity index (χ4v) is 3.11. The summed E-state index contributed by atoms with van der Waals surface area (Å²) >= 11 is 0. The van der Waals surface area contributed by atoms with E-state index in [2.05, 4.69) is 15.6 Å². The van der Waals surface area contributed by atoms with Crippen LogP contribution in [0, 0.1) is 5.82 Å². The maximum absolute atomic E-state index is 13.6. The Morgan fingerprint density at radius 3 is 2.92 bits per heavy atom. The number of rotatable bonds is 5. The van der Waals surface area contributed by atoms with Crippen LogP contribution in [0.5, 0.6) is 0 Å². The molecule has 1 saturated heterocycles. The minimum Gasteiger partial charge on any atom is -0.376 e. The number of nitrogens with one attached hydrogen (secondary N) is 2. The van der Waals surface area contributed by atoms with E-state index < -0.39 is 6.04 Å². The van der Waals surface area contributed by atoms with Crippen molar-refractivity contribution < 1.29 is 13.9 Å². The van der Waals surface area contributed by atoms with Gasteiger partial charge in [-0.05, 0) is 37.5 Å². The molecule has 0 saturated carbocycles. The van der Waals surface area contributed by atoms with Crippen LogP contribution in [0.3, 0.4) is 0 Å². The number of carbonyl (C=O) groups is 1. The van der Waals surface area contributed by atoms with Gasteiger partial charge in [-0.25, -0.2) is 14.2 Å². The van der Waals surface area contributed by atoms with Crippen LogP contribution in [0.4, 0.5) is 9.18 Å². The fraction of sp³-hybridized carbons (Fsp3) is 0.444. The molecule has 0 unspecified atom stereocenters. The number of carbonyl (C=O) groups excluding carboxylic acids is 1. The maximum Gasteiger partial charge on any atom is 0.315 e. The number of benzene rings is 1. The van der Waals surface area contributed by atoms with Gasteiger partial charge in [0.25, 0.3) is 0 Å². The van der Waals surface area contributed by atoms with Crippen molar-refractivity contribution in [2.45, 2.75) is 38.0 Å². The predicted octanol–water partition coefficient (Wildman–Crippen LogP) is 2.52. The van der Waals surface area contributed by atoms with Crippen LogP contribution < -0.4 is 10.6 Å². The van der Waals surface area contributed by atoms with Crippen LogP contribution in [-0.4, -0.2) is 34.3 Å². The summed E-state index contributed by atoms with van der Waals surface area (Å²) in [7, 11) is 1.84. The highest BCUT2D eigenvalue weighted by Crippen LogP contribution is 2.21. The van der Waals surface area contributed by atoms with Crippen molar-refractivity contribution in [1.29, 1.82) is 0 Å². The second-order valence-electron chi connectivity index (χ2n) is 6.34. The van der Waals surface area contributed by atoms with Crippen molar-refractivity contribution >= 4 is 6.03 Å². The Bertz CT molecular complexity index is 727. The Kier molecular flexibility index (Phi) is 5.33. The summed E-state index contributed by atoms with van der Waals surface area (Å²) in [5.74, 6) is 0.275. The van der Waals surface area contributed by atoms with Crippen LogP contribution in [-0.2, 0) is 11.8 Å². The highest BCUT2D eigenvalue weighted by Gasteiger charge is 2.26. The van der Waals surface area contributed by atoms with Crippen LogP contribution in [0.15, 0.2) is 36.7 Å². The molecule has 6 nitrogen and oxygen atoms in total.